The largest absolute Gasteiger partial charge is 0.298 e. The minimum absolute atomic E-state index is 0.833. The van der Waals surface area contributed by atoms with Crippen molar-refractivity contribution in [2.75, 3.05) is 0 Å². The van der Waals surface area contributed by atoms with Crippen LogP contribution in [0.5, 0.6) is 0 Å². The number of hydrogen-bond acceptors (Lipinski definition) is 1. The second kappa shape index (κ2) is 1.34. The molecular formula is C6H6O. The van der Waals surface area contributed by atoms with Crippen LogP contribution in [0.3, 0.4) is 0 Å². The smallest absolute Gasteiger partial charge is 0.150 e. The zero-order chi connectivity index (χ0) is 5.28. The van der Waals surface area contributed by atoms with Gasteiger partial charge in [0.15, 0.2) is 0 Å². The molecule has 0 aromatic heterocycles. The number of carbonyl (C=O) groups excluding carboxylic acids is 1. The third-order valence-electron chi connectivity index (χ3n) is 1.10. The molecule has 0 atom stereocenters. The zero-order valence-electron chi connectivity index (χ0n) is 4.14. The summed E-state index contributed by atoms with van der Waals surface area (Å²) in [5.41, 5.74) is 1.93. The van der Waals surface area contributed by atoms with Gasteiger partial charge in [0.2, 0.25) is 0 Å². The van der Waals surface area contributed by atoms with Gasteiger partial charge in [0, 0.05) is 5.57 Å². The molecule has 1 nitrogen and oxygen atoms in total. The summed E-state index contributed by atoms with van der Waals surface area (Å²) in [5.74, 6) is 0. The van der Waals surface area contributed by atoms with Gasteiger partial charge in [-0.15, -0.1) is 0 Å². The predicted molar refractivity (Wildman–Crippen MR) is 27.9 cm³/mol. The molecule has 0 bridgehead atoms. The SMILES string of the molecule is CC1=C(C=O)C=C1. The van der Waals surface area contributed by atoms with E-state index in [9.17, 15) is 4.79 Å². The van der Waals surface area contributed by atoms with Crippen LogP contribution >= 0.6 is 0 Å². The highest BCUT2D eigenvalue weighted by Gasteiger charge is 2.00. The Labute approximate surface area is 42.3 Å². The van der Waals surface area contributed by atoms with Crippen LogP contribution in [-0.4, -0.2) is 6.29 Å². The van der Waals surface area contributed by atoms with E-state index in [1.165, 1.54) is 0 Å². The van der Waals surface area contributed by atoms with Crippen molar-refractivity contribution < 1.29 is 4.79 Å². The molecule has 0 saturated heterocycles. The van der Waals surface area contributed by atoms with Gasteiger partial charge in [-0.05, 0) is 12.5 Å². The molecule has 0 aromatic carbocycles. The molecule has 1 rings (SSSR count). The standard InChI is InChI=1S/C6H6O/c1-5-2-3-6(5)4-7/h2-4H,1H3. The van der Waals surface area contributed by atoms with E-state index >= 15 is 0 Å². The van der Waals surface area contributed by atoms with E-state index in [4.69, 9.17) is 0 Å². The average Bonchev–Trinajstić information content (AvgIpc) is 1.65. The summed E-state index contributed by atoms with van der Waals surface area (Å²) in [7, 11) is 0. The van der Waals surface area contributed by atoms with Crippen molar-refractivity contribution in [2.24, 2.45) is 0 Å². The van der Waals surface area contributed by atoms with Gasteiger partial charge >= 0.3 is 0 Å². The molecule has 0 spiro atoms. The minimum atomic E-state index is 0.833. The van der Waals surface area contributed by atoms with Crippen LogP contribution in [0.4, 0.5) is 0 Å². The Balaban J connectivity index is 2.73. The molecule has 7 heavy (non-hydrogen) atoms. The summed E-state index contributed by atoms with van der Waals surface area (Å²) < 4.78 is 0. The molecule has 0 amide bonds. The lowest BCUT2D eigenvalue weighted by Crippen LogP contribution is -1.91. The Bertz CT molecular complexity index is 148. The lowest BCUT2D eigenvalue weighted by Gasteiger charge is -2.03. The van der Waals surface area contributed by atoms with E-state index in [1.807, 2.05) is 19.1 Å². The Morgan fingerprint density at radius 2 is 2.29 bits per heavy atom. The number of aldehydes is 1. The molecule has 0 fully saturated rings. The van der Waals surface area contributed by atoms with Crippen molar-refractivity contribution in [1.82, 2.24) is 0 Å². The van der Waals surface area contributed by atoms with Gasteiger partial charge in [-0.1, -0.05) is 12.2 Å². The molecule has 0 radical (unpaired) electrons. The van der Waals surface area contributed by atoms with E-state index in [2.05, 4.69) is 0 Å². The first kappa shape index (κ1) is 4.31. The van der Waals surface area contributed by atoms with Crippen molar-refractivity contribution in [3.63, 3.8) is 0 Å². The Hall–Kier alpha value is -0.850. The van der Waals surface area contributed by atoms with E-state index in [1.54, 1.807) is 0 Å². The quantitative estimate of drug-likeness (QED) is 0.444. The Kier molecular flexibility index (Phi) is 0.823. The first-order valence-electron chi connectivity index (χ1n) is 2.19. The summed E-state index contributed by atoms with van der Waals surface area (Å²) in [6.07, 6.45) is 4.60. The molecule has 0 unspecified atom stereocenters. The molecule has 0 N–H and O–H groups in total. The second-order valence-electron chi connectivity index (χ2n) is 1.59. The fraction of sp³-hybridized carbons (Fsp3) is 0.167. The predicted octanol–water partition coefficient (Wildman–Crippen LogP) is 1.07. The van der Waals surface area contributed by atoms with E-state index in [0.717, 1.165) is 17.4 Å². The highest BCUT2D eigenvalue weighted by molar-refractivity contribution is 5.83. The van der Waals surface area contributed by atoms with Crippen LogP contribution in [-0.2, 0) is 4.79 Å². The van der Waals surface area contributed by atoms with Crippen LogP contribution in [0, 0.1) is 0 Å². The third-order valence-corrected chi connectivity index (χ3v) is 1.10. The molecule has 1 aliphatic rings. The fourth-order valence-corrected chi connectivity index (χ4v) is 0.478. The van der Waals surface area contributed by atoms with Crippen molar-refractivity contribution in [2.45, 2.75) is 6.92 Å². The minimum Gasteiger partial charge on any atom is -0.298 e. The van der Waals surface area contributed by atoms with Gasteiger partial charge in [-0.25, -0.2) is 0 Å². The number of allylic oxidation sites excluding steroid dienone is 4. The van der Waals surface area contributed by atoms with E-state index < -0.39 is 0 Å². The normalized spacial score (nSPS) is 16.7. The van der Waals surface area contributed by atoms with Crippen LogP contribution in [0.2, 0.25) is 0 Å². The van der Waals surface area contributed by atoms with Gasteiger partial charge in [0.05, 0.1) is 0 Å². The van der Waals surface area contributed by atoms with E-state index in [0.29, 0.717) is 0 Å². The molecule has 0 aromatic rings. The Morgan fingerprint density at radius 3 is 2.29 bits per heavy atom. The molecule has 0 saturated carbocycles. The number of rotatable bonds is 1. The van der Waals surface area contributed by atoms with Gasteiger partial charge in [-0.2, -0.15) is 0 Å². The molecule has 1 heteroatoms. The average molecular weight is 94.1 g/mol. The lowest BCUT2D eigenvalue weighted by molar-refractivity contribution is -0.104. The summed E-state index contributed by atoms with van der Waals surface area (Å²) in [6.45, 7) is 1.92. The van der Waals surface area contributed by atoms with Crippen molar-refractivity contribution in [1.29, 1.82) is 0 Å². The summed E-state index contributed by atoms with van der Waals surface area (Å²) in [5, 5.41) is 0. The number of hydrogen-bond donors (Lipinski definition) is 0. The molecule has 36 valence electrons. The maximum absolute atomic E-state index is 9.89. The summed E-state index contributed by atoms with van der Waals surface area (Å²) >= 11 is 0. The molecule has 0 heterocycles. The maximum Gasteiger partial charge on any atom is 0.150 e. The highest BCUT2D eigenvalue weighted by Crippen LogP contribution is 2.13. The lowest BCUT2D eigenvalue weighted by atomic mass is 10.0. The Morgan fingerprint density at radius 1 is 1.57 bits per heavy atom. The molecular weight excluding hydrogens is 88.1 g/mol. The summed E-state index contributed by atoms with van der Waals surface area (Å²) in [6, 6.07) is 0. The molecule has 0 aliphatic heterocycles. The van der Waals surface area contributed by atoms with Gasteiger partial charge in [0.25, 0.3) is 0 Å². The maximum atomic E-state index is 9.89. The van der Waals surface area contributed by atoms with E-state index in [-0.39, 0.29) is 0 Å². The van der Waals surface area contributed by atoms with Gasteiger partial charge in [-0.3, -0.25) is 4.79 Å². The first-order valence-corrected chi connectivity index (χ1v) is 2.19. The van der Waals surface area contributed by atoms with Crippen LogP contribution in [0.1, 0.15) is 6.92 Å². The van der Waals surface area contributed by atoms with Crippen molar-refractivity contribution in [3.8, 4) is 0 Å². The van der Waals surface area contributed by atoms with Crippen molar-refractivity contribution in [3.05, 3.63) is 23.3 Å². The van der Waals surface area contributed by atoms with Gasteiger partial charge < -0.3 is 0 Å². The monoisotopic (exact) mass is 94.0 g/mol. The number of carbonyl (C=O) groups is 1. The zero-order valence-corrected chi connectivity index (χ0v) is 4.14. The second-order valence-corrected chi connectivity index (χ2v) is 1.59. The highest BCUT2D eigenvalue weighted by atomic mass is 16.1. The topological polar surface area (TPSA) is 17.1 Å². The third kappa shape index (κ3) is 0.496. The van der Waals surface area contributed by atoms with Crippen molar-refractivity contribution >= 4 is 6.29 Å². The summed E-state index contributed by atoms with van der Waals surface area (Å²) in [4.78, 5) is 9.89. The van der Waals surface area contributed by atoms with Crippen LogP contribution in [0.25, 0.3) is 0 Å². The van der Waals surface area contributed by atoms with Crippen LogP contribution in [0.15, 0.2) is 23.3 Å². The first-order chi connectivity index (χ1) is 3.34. The van der Waals surface area contributed by atoms with Crippen LogP contribution < -0.4 is 0 Å². The van der Waals surface area contributed by atoms with Gasteiger partial charge in [0.1, 0.15) is 6.29 Å². The molecule has 1 aliphatic carbocycles. The fourth-order valence-electron chi connectivity index (χ4n) is 0.478.